The Morgan fingerprint density at radius 3 is 0.882 bits per heavy atom. The minimum Gasteiger partial charge on any atom is -0.391 e. The van der Waals surface area contributed by atoms with Crippen LogP contribution >= 0.6 is 7.82 Å². The number of unbranched alkanes of at least 4 members (excludes halogenated alkanes) is 52. The lowest BCUT2D eigenvalue weighted by Gasteiger charge is -2.26. The third kappa shape index (κ3) is 61.1. The summed E-state index contributed by atoms with van der Waals surface area (Å²) in [7, 11) is 1.64. The summed E-state index contributed by atoms with van der Waals surface area (Å²) >= 11 is 0. The summed E-state index contributed by atoms with van der Waals surface area (Å²) < 4.78 is 23.9. The average molecular weight is 1100 g/mol. The largest absolute Gasteiger partial charge is 0.472 e. The lowest BCUT2D eigenvalue weighted by atomic mass is 10.0. The van der Waals surface area contributed by atoms with Crippen molar-refractivity contribution < 1.29 is 32.9 Å². The van der Waals surface area contributed by atoms with Crippen LogP contribution in [0.25, 0.3) is 0 Å². The van der Waals surface area contributed by atoms with Crippen LogP contribution in [0.4, 0.5) is 0 Å². The van der Waals surface area contributed by atoms with Gasteiger partial charge < -0.3 is 19.8 Å². The van der Waals surface area contributed by atoms with Crippen LogP contribution in [0, 0.1) is 0 Å². The van der Waals surface area contributed by atoms with Gasteiger partial charge in [-0.2, -0.15) is 0 Å². The molecule has 1 amide bonds. The molecular formula is C67H138N2O6P+. The summed E-state index contributed by atoms with van der Waals surface area (Å²) in [6.45, 7) is 4.96. The summed E-state index contributed by atoms with van der Waals surface area (Å²) in [5.74, 6) is -0.134. The van der Waals surface area contributed by atoms with Gasteiger partial charge in [0, 0.05) is 6.42 Å². The zero-order chi connectivity index (χ0) is 55.6. The molecule has 0 saturated carbocycles. The van der Waals surface area contributed by atoms with Crippen LogP contribution in [0.3, 0.4) is 0 Å². The quantitative estimate of drug-likeness (QED) is 0.0318. The fraction of sp³-hybridized carbons (Fsp3) is 0.985. The molecule has 456 valence electrons. The predicted octanol–water partition coefficient (Wildman–Crippen LogP) is 21.6. The first-order valence-electron chi connectivity index (χ1n) is 34.4. The van der Waals surface area contributed by atoms with Crippen LogP contribution in [0.15, 0.2) is 0 Å². The van der Waals surface area contributed by atoms with Gasteiger partial charge in [-0.1, -0.05) is 354 Å². The first-order chi connectivity index (χ1) is 37.0. The second-order valence-corrected chi connectivity index (χ2v) is 26.7. The number of phosphoric acid groups is 1. The smallest absolute Gasteiger partial charge is 0.391 e. The van der Waals surface area contributed by atoms with E-state index in [1.165, 1.54) is 308 Å². The minimum absolute atomic E-state index is 0.0793. The van der Waals surface area contributed by atoms with Gasteiger partial charge in [-0.15, -0.1) is 0 Å². The summed E-state index contributed by atoms with van der Waals surface area (Å²) in [5.41, 5.74) is 0. The van der Waals surface area contributed by atoms with Gasteiger partial charge >= 0.3 is 7.82 Å². The third-order valence-electron chi connectivity index (χ3n) is 16.4. The number of aliphatic hydroxyl groups excluding tert-OH is 1. The second kappa shape index (κ2) is 59.1. The number of carbonyl (C=O) groups is 1. The molecule has 0 aliphatic heterocycles. The number of phosphoric ester groups is 1. The van der Waals surface area contributed by atoms with Crippen molar-refractivity contribution in [1.82, 2.24) is 5.32 Å². The molecule has 0 spiro atoms. The summed E-state index contributed by atoms with van der Waals surface area (Å²) in [6.07, 6.45) is 73.6. The molecule has 0 rings (SSSR count). The maximum Gasteiger partial charge on any atom is 0.472 e. The monoisotopic (exact) mass is 1100 g/mol. The Balaban J connectivity index is 3.89. The van der Waals surface area contributed by atoms with E-state index in [0.717, 1.165) is 38.5 Å². The van der Waals surface area contributed by atoms with E-state index in [0.29, 0.717) is 23.9 Å². The Kier molecular flexibility index (Phi) is 58.7. The van der Waals surface area contributed by atoms with E-state index in [-0.39, 0.29) is 19.1 Å². The molecule has 0 radical (unpaired) electrons. The molecule has 8 nitrogen and oxygen atoms in total. The molecule has 0 aromatic carbocycles. The number of hydrogen-bond acceptors (Lipinski definition) is 5. The molecule has 0 aliphatic rings. The van der Waals surface area contributed by atoms with E-state index in [9.17, 15) is 19.4 Å². The topological polar surface area (TPSA) is 105 Å². The standard InChI is InChI=1S/C67H137N2O6P/c1-6-8-10-12-14-16-18-20-22-24-26-27-28-29-30-31-32-33-34-35-36-37-38-39-40-41-42-43-45-47-49-51-53-55-57-59-61-67(71)68-65(64-75-76(72,73)74-63-62-69(3,4)5)66(70)60-58-56-54-52-50-48-46-44-25-23-21-19-17-15-13-11-9-7-2/h65-66,70H,6-64H2,1-5H3,(H-,68,71,72,73)/p+1. The maximum atomic E-state index is 13.0. The number of nitrogens with zero attached hydrogens (tertiary/aromatic N) is 1. The first-order valence-corrected chi connectivity index (χ1v) is 35.9. The van der Waals surface area contributed by atoms with E-state index in [4.69, 9.17) is 9.05 Å². The lowest BCUT2D eigenvalue weighted by molar-refractivity contribution is -0.870. The van der Waals surface area contributed by atoms with Gasteiger partial charge in [-0.3, -0.25) is 13.8 Å². The molecular weight excluding hydrogens is 960 g/mol. The molecule has 0 saturated heterocycles. The number of amides is 1. The van der Waals surface area contributed by atoms with Gasteiger partial charge in [0.25, 0.3) is 0 Å². The van der Waals surface area contributed by atoms with Crippen LogP contribution in [0.1, 0.15) is 373 Å². The van der Waals surface area contributed by atoms with Crippen LogP contribution < -0.4 is 5.32 Å². The molecule has 76 heavy (non-hydrogen) atoms. The summed E-state index contributed by atoms with van der Waals surface area (Å²) in [5, 5.41) is 14.1. The molecule has 0 fully saturated rings. The normalized spacial score (nSPS) is 13.6. The summed E-state index contributed by atoms with van der Waals surface area (Å²) in [4.78, 5) is 23.4. The highest BCUT2D eigenvalue weighted by Crippen LogP contribution is 2.43. The zero-order valence-corrected chi connectivity index (χ0v) is 53.2. The third-order valence-corrected chi connectivity index (χ3v) is 17.3. The molecule has 0 heterocycles. The highest BCUT2D eigenvalue weighted by Gasteiger charge is 2.28. The van der Waals surface area contributed by atoms with Gasteiger partial charge in [-0.25, -0.2) is 4.57 Å². The summed E-state index contributed by atoms with van der Waals surface area (Å²) in [6, 6.07) is -0.756. The van der Waals surface area contributed by atoms with Gasteiger partial charge in [0.15, 0.2) is 0 Å². The van der Waals surface area contributed by atoms with Crippen molar-refractivity contribution in [3.63, 3.8) is 0 Å². The van der Waals surface area contributed by atoms with Crippen molar-refractivity contribution in [3.8, 4) is 0 Å². The second-order valence-electron chi connectivity index (χ2n) is 25.3. The van der Waals surface area contributed by atoms with Crippen molar-refractivity contribution in [3.05, 3.63) is 0 Å². The Hall–Kier alpha value is -0.500. The lowest BCUT2D eigenvalue weighted by Crippen LogP contribution is -2.46. The van der Waals surface area contributed by atoms with Crippen LogP contribution in [-0.4, -0.2) is 73.4 Å². The van der Waals surface area contributed by atoms with Crippen LogP contribution in [-0.2, 0) is 18.4 Å². The molecule has 0 aromatic heterocycles. The van der Waals surface area contributed by atoms with Crippen LogP contribution in [0.2, 0.25) is 0 Å². The van der Waals surface area contributed by atoms with Crippen molar-refractivity contribution in [2.45, 2.75) is 386 Å². The van der Waals surface area contributed by atoms with Crippen molar-refractivity contribution >= 4 is 13.7 Å². The highest BCUT2D eigenvalue weighted by atomic mass is 31.2. The predicted molar refractivity (Wildman–Crippen MR) is 332 cm³/mol. The molecule has 3 unspecified atom stereocenters. The SMILES string of the molecule is CCCCCCCCCCCCCCCCCCCCCCCCCCCCCCCCCCCCCCC(=O)NC(COP(=O)(O)OCC[N+](C)(C)C)C(O)CCCCCCCCCCCCCCCCCCCC. The molecule has 0 bridgehead atoms. The molecule has 0 aromatic rings. The number of aliphatic hydroxyl groups is 1. The molecule has 3 atom stereocenters. The van der Waals surface area contributed by atoms with E-state index in [1.807, 2.05) is 21.1 Å². The van der Waals surface area contributed by atoms with Gasteiger partial charge in [0.2, 0.25) is 5.91 Å². The van der Waals surface area contributed by atoms with Crippen LogP contribution in [0.5, 0.6) is 0 Å². The van der Waals surface area contributed by atoms with Gasteiger partial charge in [0.05, 0.1) is 39.9 Å². The number of nitrogens with one attached hydrogen (secondary N) is 1. The Morgan fingerprint density at radius 1 is 0.395 bits per heavy atom. The van der Waals surface area contributed by atoms with Crippen molar-refractivity contribution in [1.29, 1.82) is 0 Å². The highest BCUT2D eigenvalue weighted by molar-refractivity contribution is 7.47. The number of rotatable bonds is 65. The molecule has 9 heteroatoms. The van der Waals surface area contributed by atoms with Gasteiger partial charge in [-0.05, 0) is 12.8 Å². The van der Waals surface area contributed by atoms with E-state index >= 15 is 0 Å². The zero-order valence-electron chi connectivity index (χ0n) is 52.3. The Morgan fingerprint density at radius 2 is 0.632 bits per heavy atom. The number of hydrogen-bond donors (Lipinski definition) is 3. The van der Waals surface area contributed by atoms with Crippen molar-refractivity contribution in [2.24, 2.45) is 0 Å². The molecule has 0 aliphatic carbocycles. The number of likely N-dealkylation sites (N-methyl/N-ethyl adjacent to an activating group) is 1. The van der Waals surface area contributed by atoms with Crippen molar-refractivity contribution in [2.75, 3.05) is 40.9 Å². The number of quaternary nitrogens is 1. The fourth-order valence-electron chi connectivity index (χ4n) is 11.0. The van der Waals surface area contributed by atoms with E-state index in [2.05, 4.69) is 19.2 Å². The Bertz CT molecular complexity index is 1200. The first kappa shape index (κ1) is 75.5. The van der Waals surface area contributed by atoms with E-state index < -0.39 is 20.0 Å². The molecule has 3 N–H and O–H groups in total. The minimum atomic E-state index is -4.32. The fourth-order valence-corrected chi connectivity index (χ4v) is 11.7. The van der Waals surface area contributed by atoms with Gasteiger partial charge in [0.1, 0.15) is 13.2 Å². The maximum absolute atomic E-state index is 13.0. The Labute approximate surface area is 476 Å². The number of carbonyl (C=O) groups excluding carboxylic acids is 1. The van der Waals surface area contributed by atoms with E-state index in [1.54, 1.807) is 0 Å². The average Bonchev–Trinajstić information content (AvgIpc) is 3.38.